The van der Waals surface area contributed by atoms with E-state index in [9.17, 15) is 4.79 Å². The molecule has 0 aromatic heterocycles. The average molecular weight is 485 g/mol. The minimum atomic E-state index is -0.122. The molecule has 2 aromatic rings. The molecule has 0 atom stereocenters. The zero-order valence-electron chi connectivity index (χ0n) is 20.6. The quantitative estimate of drug-likeness (QED) is 0.484. The van der Waals surface area contributed by atoms with E-state index >= 15 is 0 Å². The fraction of sp³-hybridized carbons (Fsp3) is 0.464. The number of allylic oxidation sites excluding steroid dienone is 1. The first-order valence-corrected chi connectivity index (χ1v) is 12.1. The number of amides is 1. The zero-order chi connectivity index (χ0) is 23.3. The first kappa shape index (κ1) is 26.1. The molecule has 1 saturated heterocycles. The second-order valence-electron chi connectivity index (χ2n) is 10.00. The number of ether oxygens (including phenoxy) is 2. The Morgan fingerprint density at radius 3 is 2.35 bits per heavy atom. The van der Waals surface area contributed by atoms with E-state index in [1.165, 1.54) is 31.5 Å². The Labute approximate surface area is 209 Å². The fourth-order valence-corrected chi connectivity index (χ4v) is 4.44. The summed E-state index contributed by atoms with van der Waals surface area (Å²) >= 11 is 0. The third-order valence-electron chi connectivity index (χ3n) is 6.36. The number of rotatable bonds is 7. The molecule has 1 amide bonds. The molecule has 2 heterocycles. The highest BCUT2D eigenvalue weighted by atomic mass is 35.5. The minimum Gasteiger partial charge on any atom is -0.486 e. The smallest absolute Gasteiger partial charge is 0.248 e. The van der Waals surface area contributed by atoms with Crippen LogP contribution in [0.4, 0.5) is 5.69 Å². The number of anilines is 1. The van der Waals surface area contributed by atoms with Crippen molar-refractivity contribution < 1.29 is 14.3 Å². The monoisotopic (exact) mass is 484 g/mol. The average Bonchev–Trinajstić information content (AvgIpc) is 3.31. The van der Waals surface area contributed by atoms with Crippen molar-refractivity contribution in [1.29, 1.82) is 0 Å². The normalized spacial score (nSPS) is 16.1. The van der Waals surface area contributed by atoms with Crippen LogP contribution in [-0.4, -0.2) is 43.7 Å². The van der Waals surface area contributed by atoms with Crippen LogP contribution in [0.25, 0.3) is 5.57 Å². The van der Waals surface area contributed by atoms with Crippen molar-refractivity contribution in [2.24, 2.45) is 0 Å². The summed E-state index contributed by atoms with van der Waals surface area (Å²) in [7, 11) is 0. The molecule has 34 heavy (non-hydrogen) atoms. The van der Waals surface area contributed by atoms with Crippen LogP contribution in [0.15, 0.2) is 48.5 Å². The molecular formula is C28H37ClN2O3. The predicted molar refractivity (Wildman–Crippen MR) is 141 cm³/mol. The molecule has 0 radical (unpaired) electrons. The van der Waals surface area contributed by atoms with E-state index in [0.29, 0.717) is 24.7 Å². The van der Waals surface area contributed by atoms with Gasteiger partial charge in [0.2, 0.25) is 5.91 Å². The molecule has 184 valence electrons. The van der Waals surface area contributed by atoms with Crippen LogP contribution in [0.5, 0.6) is 11.5 Å². The molecule has 2 aliphatic heterocycles. The summed E-state index contributed by atoms with van der Waals surface area (Å²) in [6.07, 6.45) is 6.28. The van der Waals surface area contributed by atoms with Crippen LogP contribution in [0.3, 0.4) is 0 Å². The van der Waals surface area contributed by atoms with Crippen LogP contribution in [0.2, 0.25) is 0 Å². The lowest BCUT2D eigenvalue weighted by Crippen LogP contribution is -2.20. The highest BCUT2D eigenvalue weighted by Crippen LogP contribution is 2.33. The van der Waals surface area contributed by atoms with E-state index in [-0.39, 0.29) is 23.7 Å². The minimum absolute atomic E-state index is 0. The summed E-state index contributed by atoms with van der Waals surface area (Å²) in [4.78, 5) is 15.5. The Balaban J connectivity index is 0.00000324. The number of hydrogen-bond acceptors (Lipinski definition) is 4. The topological polar surface area (TPSA) is 50.8 Å². The Morgan fingerprint density at radius 1 is 1.00 bits per heavy atom. The van der Waals surface area contributed by atoms with E-state index in [1.54, 1.807) is 6.08 Å². The molecule has 1 N–H and O–H groups in total. The van der Waals surface area contributed by atoms with Crippen molar-refractivity contribution >= 4 is 29.6 Å². The summed E-state index contributed by atoms with van der Waals surface area (Å²) in [6, 6.07) is 14.2. The summed E-state index contributed by atoms with van der Waals surface area (Å²) in [5.74, 6) is 1.27. The van der Waals surface area contributed by atoms with E-state index in [0.717, 1.165) is 36.3 Å². The van der Waals surface area contributed by atoms with E-state index in [2.05, 4.69) is 55.3 Å². The van der Waals surface area contributed by atoms with Gasteiger partial charge in [-0.05, 0) is 79.6 Å². The van der Waals surface area contributed by atoms with Gasteiger partial charge in [0.15, 0.2) is 11.5 Å². The summed E-state index contributed by atoms with van der Waals surface area (Å²) in [5, 5.41) is 3.00. The molecule has 0 unspecified atom stereocenters. The number of halogens is 1. The highest BCUT2D eigenvalue weighted by molar-refractivity contribution is 6.04. The second kappa shape index (κ2) is 11.8. The van der Waals surface area contributed by atoms with Gasteiger partial charge < -0.3 is 19.7 Å². The second-order valence-corrected chi connectivity index (χ2v) is 10.00. The number of nitrogens with zero attached hydrogens (tertiary/aromatic N) is 1. The van der Waals surface area contributed by atoms with Gasteiger partial charge in [-0.2, -0.15) is 0 Å². The first-order chi connectivity index (χ1) is 15.9. The zero-order valence-corrected chi connectivity index (χ0v) is 21.4. The van der Waals surface area contributed by atoms with Gasteiger partial charge >= 0.3 is 0 Å². The van der Waals surface area contributed by atoms with Gasteiger partial charge in [-0.15, -0.1) is 12.4 Å². The third kappa shape index (κ3) is 7.00. The lowest BCUT2D eigenvalue weighted by Gasteiger charge is -2.20. The Hall–Kier alpha value is -2.50. The number of carbonyl (C=O) groups excluding carboxylic acids is 1. The van der Waals surface area contributed by atoms with Crippen LogP contribution in [0.1, 0.15) is 57.6 Å². The van der Waals surface area contributed by atoms with Crippen molar-refractivity contribution in [3.05, 3.63) is 59.7 Å². The molecule has 1 fully saturated rings. The molecule has 0 aliphatic carbocycles. The molecule has 6 heteroatoms. The Morgan fingerprint density at radius 2 is 1.68 bits per heavy atom. The number of carbonyl (C=O) groups is 1. The van der Waals surface area contributed by atoms with Gasteiger partial charge in [-0.3, -0.25) is 4.79 Å². The van der Waals surface area contributed by atoms with Crippen LogP contribution in [-0.2, 0) is 10.2 Å². The molecule has 0 bridgehead atoms. The number of likely N-dealkylation sites (tertiary alicyclic amines) is 1. The maximum atomic E-state index is 12.9. The number of fused-ring (bicyclic) bond motifs is 1. The van der Waals surface area contributed by atoms with Gasteiger partial charge in [0.25, 0.3) is 0 Å². The summed E-state index contributed by atoms with van der Waals surface area (Å²) < 4.78 is 11.2. The first-order valence-electron chi connectivity index (χ1n) is 12.1. The van der Waals surface area contributed by atoms with E-state index in [1.807, 2.05) is 18.2 Å². The molecule has 4 rings (SSSR count). The lowest BCUT2D eigenvalue weighted by atomic mass is 9.86. The number of benzene rings is 2. The van der Waals surface area contributed by atoms with Crippen molar-refractivity contribution in [3.63, 3.8) is 0 Å². The van der Waals surface area contributed by atoms with Crippen molar-refractivity contribution in [1.82, 2.24) is 4.90 Å². The molecule has 5 nitrogen and oxygen atoms in total. The van der Waals surface area contributed by atoms with Crippen molar-refractivity contribution in [3.8, 4) is 11.5 Å². The Kier molecular flexibility index (Phi) is 9.03. The van der Waals surface area contributed by atoms with Crippen LogP contribution < -0.4 is 14.8 Å². The van der Waals surface area contributed by atoms with E-state index < -0.39 is 0 Å². The standard InChI is InChI=1S/C28H36N2O3.ClH/c1-28(2,3)23-10-8-21(9-11-23)22(7-6-16-30-14-4-5-15-30)19-27(31)29-24-12-13-25-26(20-24)33-18-17-32-25;/h8-13,19-20H,4-7,14-18H2,1-3H3,(H,29,31);1H/b22-19+;. The highest BCUT2D eigenvalue weighted by Gasteiger charge is 2.16. The SMILES string of the molecule is CC(C)(C)c1ccc(/C(=C/C(=O)Nc2ccc3c(c2)OCCO3)CCCN2CCCC2)cc1.Cl. The molecule has 0 saturated carbocycles. The van der Waals surface area contributed by atoms with Gasteiger partial charge in [0.1, 0.15) is 13.2 Å². The van der Waals surface area contributed by atoms with Gasteiger partial charge in [0, 0.05) is 17.8 Å². The lowest BCUT2D eigenvalue weighted by molar-refractivity contribution is -0.111. The summed E-state index contributed by atoms with van der Waals surface area (Å²) in [6.45, 7) is 11.2. The van der Waals surface area contributed by atoms with Crippen LogP contribution in [0, 0.1) is 0 Å². The molecule has 2 aromatic carbocycles. The van der Waals surface area contributed by atoms with Gasteiger partial charge in [-0.25, -0.2) is 0 Å². The number of nitrogens with one attached hydrogen (secondary N) is 1. The van der Waals surface area contributed by atoms with Gasteiger partial charge in [0.05, 0.1) is 0 Å². The summed E-state index contributed by atoms with van der Waals surface area (Å²) in [5.41, 5.74) is 4.29. The van der Waals surface area contributed by atoms with Crippen molar-refractivity contribution in [2.75, 3.05) is 38.2 Å². The van der Waals surface area contributed by atoms with Gasteiger partial charge in [-0.1, -0.05) is 45.0 Å². The third-order valence-corrected chi connectivity index (χ3v) is 6.36. The maximum absolute atomic E-state index is 12.9. The molecule has 2 aliphatic rings. The Bertz CT molecular complexity index is 990. The largest absolute Gasteiger partial charge is 0.486 e. The number of hydrogen-bond donors (Lipinski definition) is 1. The molecular weight excluding hydrogens is 448 g/mol. The fourth-order valence-electron chi connectivity index (χ4n) is 4.44. The predicted octanol–water partition coefficient (Wildman–Crippen LogP) is 6.08. The maximum Gasteiger partial charge on any atom is 0.248 e. The van der Waals surface area contributed by atoms with Crippen LogP contribution >= 0.6 is 12.4 Å². The van der Waals surface area contributed by atoms with Crippen molar-refractivity contribution in [2.45, 2.75) is 51.9 Å². The van der Waals surface area contributed by atoms with E-state index in [4.69, 9.17) is 9.47 Å². The molecule has 0 spiro atoms.